The molecule has 4 aromatic heterocycles. The van der Waals surface area contributed by atoms with Gasteiger partial charge in [0, 0.05) is 29.1 Å². The molecule has 1 saturated carbocycles. The van der Waals surface area contributed by atoms with Crippen LogP contribution in [0.5, 0.6) is 0 Å². The lowest BCUT2D eigenvalue weighted by Crippen LogP contribution is -2.07. The number of rotatable bonds is 7. The van der Waals surface area contributed by atoms with Crippen LogP contribution in [0.3, 0.4) is 0 Å². The van der Waals surface area contributed by atoms with Crippen LogP contribution < -0.4 is 5.30 Å². The van der Waals surface area contributed by atoms with E-state index >= 15 is 0 Å². The van der Waals surface area contributed by atoms with Crippen molar-refractivity contribution in [1.29, 1.82) is 0 Å². The van der Waals surface area contributed by atoms with Crippen molar-refractivity contribution in [1.82, 2.24) is 40.0 Å². The van der Waals surface area contributed by atoms with Gasteiger partial charge in [0.1, 0.15) is 11.4 Å². The Kier molecular flexibility index (Phi) is 7.72. The minimum absolute atomic E-state index is 0.728. The van der Waals surface area contributed by atoms with Crippen LogP contribution in [-0.2, 0) is 11.8 Å². The zero-order chi connectivity index (χ0) is 33.5. The van der Waals surface area contributed by atoms with Crippen LogP contribution in [0, 0.1) is 0 Å². The third-order valence-electron chi connectivity index (χ3n) is 9.40. The van der Waals surface area contributed by atoms with Gasteiger partial charge in [-0.3, -0.25) is 9.97 Å². The molecule has 5 heterocycles. The molecule has 0 saturated heterocycles. The molecule has 0 spiro atoms. The van der Waals surface area contributed by atoms with Gasteiger partial charge >= 0.3 is 0 Å². The van der Waals surface area contributed by atoms with Crippen molar-refractivity contribution in [3.05, 3.63) is 162 Å². The van der Waals surface area contributed by atoms with E-state index in [9.17, 15) is 0 Å². The highest BCUT2D eigenvalue weighted by Gasteiger charge is 2.42. The van der Waals surface area contributed by atoms with Gasteiger partial charge in [-0.25, -0.2) is 9.36 Å². The fourth-order valence-electron chi connectivity index (χ4n) is 7.16. The molecule has 2 aliphatic rings. The minimum Gasteiger partial charge on any atom is -0.254 e. The number of nitrogens with zero attached hydrogens (tertiary/aromatic N) is 8. The highest BCUT2D eigenvalue weighted by Crippen LogP contribution is 2.75. The fraction of sp³-hybridized carbons (Fsp3) is 0.100. The smallest absolute Gasteiger partial charge is 0.131 e. The van der Waals surface area contributed by atoms with E-state index in [1.54, 1.807) is 12.4 Å². The number of pyridine rings is 2. The lowest BCUT2D eigenvalue weighted by Gasteiger charge is -2.27. The largest absolute Gasteiger partial charge is 0.254 e. The van der Waals surface area contributed by atoms with Gasteiger partial charge in [0.15, 0.2) is 0 Å². The van der Waals surface area contributed by atoms with Crippen molar-refractivity contribution in [2.45, 2.75) is 25.7 Å². The first-order valence-corrected chi connectivity index (χ1v) is 19.5. The maximum Gasteiger partial charge on any atom is 0.131 e. The Labute approximate surface area is 294 Å². The Morgan fingerprint density at radius 2 is 1.02 bits per heavy atom. The molecular formula is C40H31N8PS. The molecule has 0 bridgehead atoms. The van der Waals surface area contributed by atoms with Crippen LogP contribution in [0.25, 0.3) is 44.8 Å². The summed E-state index contributed by atoms with van der Waals surface area (Å²) in [6.07, 6.45) is 11.7. The van der Waals surface area contributed by atoms with Crippen molar-refractivity contribution in [2.75, 3.05) is 0 Å². The van der Waals surface area contributed by atoms with Crippen LogP contribution in [0.1, 0.15) is 36.8 Å². The molecule has 8 nitrogen and oxygen atoms in total. The first-order chi connectivity index (χ1) is 24.7. The highest BCUT2D eigenvalue weighted by atomic mass is 32.4. The van der Waals surface area contributed by atoms with Crippen LogP contribution >= 0.6 is 6.04 Å². The molecule has 50 heavy (non-hydrogen) atoms. The number of hydrogen-bond acceptors (Lipinski definition) is 7. The second-order valence-corrected chi connectivity index (χ2v) is 16.7. The molecule has 7 aromatic rings. The Bertz CT molecular complexity index is 2320. The van der Waals surface area contributed by atoms with E-state index in [2.05, 4.69) is 109 Å². The van der Waals surface area contributed by atoms with E-state index in [0.717, 1.165) is 71.0 Å². The van der Waals surface area contributed by atoms with Gasteiger partial charge < -0.3 is 0 Å². The maximum absolute atomic E-state index is 7.12. The number of aromatic nitrogens is 8. The van der Waals surface area contributed by atoms with Crippen molar-refractivity contribution < 1.29 is 0 Å². The van der Waals surface area contributed by atoms with Gasteiger partial charge in [0.05, 0.1) is 35.2 Å². The quantitative estimate of drug-likeness (QED) is 0.156. The lowest BCUT2D eigenvalue weighted by molar-refractivity contribution is 0.685. The molecule has 0 amide bonds. The molecule has 0 N–H and O–H groups in total. The van der Waals surface area contributed by atoms with Gasteiger partial charge in [-0.1, -0.05) is 89.0 Å². The van der Waals surface area contributed by atoms with Gasteiger partial charge in [-0.05, 0) is 102 Å². The normalized spacial score (nSPS) is 15.4. The summed E-state index contributed by atoms with van der Waals surface area (Å²) in [5.74, 6) is 0. The summed E-state index contributed by atoms with van der Waals surface area (Å²) >= 11 is 7.12. The van der Waals surface area contributed by atoms with E-state index in [0.29, 0.717) is 0 Å². The maximum atomic E-state index is 7.12. The molecule has 10 heteroatoms. The van der Waals surface area contributed by atoms with Crippen molar-refractivity contribution in [2.24, 2.45) is 0 Å². The van der Waals surface area contributed by atoms with Crippen LogP contribution in [-0.4, -0.2) is 40.0 Å². The van der Waals surface area contributed by atoms with E-state index in [1.807, 2.05) is 58.2 Å². The van der Waals surface area contributed by atoms with Crippen LogP contribution in [0.2, 0.25) is 0 Å². The number of benzene rings is 3. The third-order valence-corrected chi connectivity index (χ3v) is 14.5. The fourth-order valence-corrected chi connectivity index (χ4v) is 12.4. The number of fused-ring (bicyclic) bond motifs is 1. The summed E-state index contributed by atoms with van der Waals surface area (Å²) in [5, 5.41) is 21.6. The van der Waals surface area contributed by atoms with E-state index < -0.39 is 6.04 Å². The summed E-state index contributed by atoms with van der Waals surface area (Å²) in [7, 11) is 0. The van der Waals surface area contributed by atoms with Gasteiger partial charge in [0.2, 0.25) is 0 Å². The molecule has 3 aromatic carbocycles. The second-order valence-electron chi connectivity index (χ2n) is 12.4. The third kappa shape index (κ3) is 5.26. The summed E-state index contributed by atoms with van der Waals surface area (Å²) in [4.78, 5) is 8.92. The minimum atomic E-state index is -2.52. The van der Waals surface area contributed by atoms with Gasteiger partial charge in [0.25, 0.3) is 0 Å². The number of allylic oxidation sites excluding steroid dienone is 2. The Balaban J connectivity index is 1.17. The average Bonchev–Trinajstić information content (AvgIpc) is 3.94. The summed E-state index contributed by atoms with van der Waals surface area (Å²) in [6, 6.07) is 37.1. The zero-order valence-electron chi connectivity index (χ0n) is 27.0. The van der Waals surface area contributed by atoms with Crippen molar-refractivity contribution >= 4 is 33.8 Å². The summed E-state index contributed by atoms with van der Waals surface area (Å²) in [5.41, 5.74) is 10.00. The molecule has 1 aliphatic heterocycles. The zero-order valence-corrected chi connectivity index (χ0v) is 28.8. The topological polar surface area (TPSA) is 87.2 Å². The monoisotopic (exact) mass is 686 g/mol. The Morgan fingerprint density at radius 1 is 0.520 bits per heavy atom. The lowest BCUT2D eigenvalue weighted by atomic mass is 9.87. The molecule has 1 aliphatic carbocycles. The number of hydrogen-bond donors (Lipinski definition) is 0. The van der Waals surface area contributed by atoms with Crippen LogP contribution in [0.15, 0.2) is 151 Å². The Hall–Kier alpha value is -5.63. The second kappa shape index (κ2) is 12.7. The van der Waals surface area contributed by atoms with Crippen LogP contribution in [0.4, 0.5) is 0 Å². The molecule has 0 radical (unpaired) electrons. The van der Waals surface area contributed by atoms with E-state index in [1.165, 1.54) is 27.1 Å². The first-order valence-electron chi connectivity index (χ1n) is 16.7. The summed E-state index contributed by atoms with van der Waals surface area (Å²) < 4.78 is 3.66. The first kappa shape index (κ1) is 30.4. The molecule has 0 unspecified atom stereocenters. The van der Waals surface area contributed by atoms with Gasteiger partial charge in [-0.2, -0.15) is 0 Å². The average molecular weight is 687 g/mol. The molecule has 9 rings (SSSR count). The SMILES string of the molecule is S=P1(c2ccccc2)C(c2cccc(-n3cc(-c4ccccn4)nn3)c2)=C2CCCCC2=C1c1cccc(-n2cc(-c3ccccn3)nn2)c1. The molecule has 242 valence electrons. The summed E-state index contributed by atoms with van der Waals surface area (Å²) in [6.45, 7) is 0. The highest BCUT2D eigenvalue weighted by molar-refractivity contribution is 8.28. The molecular weight excluding hydrogens is 656 g/mol. The standard InChI is InChI=1S/C40H31N8PS/c50-49(32-16-2-1-3-17-32)39(28-12-10-14-30(24-28)47-26-37(43-45-47)35-20-6-8-22-41-35)33-18-4-5-19-34(33)40(49)29-13-11-15-31(25-29)48-27-38(44-46-48)36-21-7-9-23-42-36/h1-3,6-17,20-27H,4-5,18-19H2. The van der Waals surface area contributed by atoms with Gasteiger partial charge in [-0.15, -0.1) is 10.2 Å². The molecule has 1 fully saturated rings. The van der Waals surface area contributed by atoms with Crippen molar-refractivity contribution in [3.8, 4) is 34.2 Å². The predicted molar refractivity (Wildman–Crippen MR) is 202 cm³/mol. The molecule has 0 atom stereocenters. The Morgan fingerprint density at radius 3 is 1.50 bits per heavy atom. The van der Waals surface area contributed by atoms with E-state index in [4.69, 9.17) is 11.8 Å². The van der Waals surface area contributed by atoms with Crippen molar-refractivity contribution in [3.63, 3.8) is 0 Å². The predicted octanol–water partition coefficient (Wildman–Crippen LogP) is 8.49. The van der Waals surface area contributed by atoms with E-state index in [-0.39, 0.29) is 0 Å².